The van der Waals surface area contributed by atoms with Crippen LogP contribution in [0.3, 0.4) is 0 Å². The Balaban J connectivity index is 1.42. The molecule has 3 heterocycles. The second-order valence-electron chi connectivity index (χ2n) is 6.22. The highest BCUT2D eigenvalue weighted by molar-refractivity contribution is 7.22. The highest BCUT2D eigenvalue weighted by Crippen LogP contribution is 2.29. The van der Waals surface area contributed by atoms with Gasteiger partial charge >= 0.3 is 0 Å². The van der Waals surface area contributed by atoms with Crippen molar-refractivity contribution >= 4 is 32.6 Å². The first-order valence-electron chi connectivity index (χ1n) is 8.57. The van der Waals surface area contributed by atoms with Crippen LogP contribution in [0.4, 0.5) is 5.13 Å². The maximum atomic E-state index is 12.6. The van der Waals surface area contributed by atoms with Crippen LogP contribution in [0.25, 0.3) is 10.2 Å². The van der Waals surface area contributed by atoms with E-state index in [1.165, 1.54) is 4.70 Å². The van der Waals surface area contributed by atoms with Crippen LogP contribution in [-0.2, 0) is 11.2 Å². The molecule has 0 atom stereocenters. The van der Waals surface area contributed by atoms with E-state index in [1.807, 2.05) is 29.2 Å². The second-order valence-corrected chi connectivity index (χ2v) is 7.23. The monoisotopic (exact) mass is 352 g/mol. The maximum absolute atomic E-state index is 12.6. The quantitative estimate of drug-likeness (QED) is 0.727. The molecule has 0 bridgehead atoms. The van der Waals surface area contributed by atoms with Crippen molar-refractivity contribution in [3.05, 3.63) is 54.4 Å². The fraction of sp³-hybridized carbons (Fsp3) is 0.316. The third-order valence-electron chi connectivity index (χ3n) is 4.48. The predicted molar refractivity (Wildman–Crippen MR) is 101 cm³/mol. The molecule has 1 saturated heterocycles. The molecule has 128 valence electrons. The van der Waals surface area contributed by atoms with E-state index in [9.17, 15) is 4.79 Å². The minimum absolute atomic E-state index is 0.180. The molecule has 1 aromatic carbocycles. The molecule has 0 spiro atoms. The van der Waals surface area contributed by atoms with Crippen LogP contribution in [0.1, 0.15) is 12.0 Å². The molecule has 0 aliphatic carbocycles. The molecule has 0 saturated carbocycles. The van der Waals surface area contributed by atoms with Gasteiger partial charge in [0.15, 0.2) is 5.13 Å². The Morgan fingerprint density at radius 3 is 2.84 bits per heavy atom. The molecule has 1 aliphatic heterocycles. The highest BCUT2D eigenvalue weighted by Gasteiger charge is 2.21. The lowest BCUT2D eigenvalue weighted by atomic mass is 10.2. The summed E-state index contributed by atoms with van der Waals surface area (Å²) >= 11 is 1.73. The van der Waals surface area contributed by atoms with Crippen molar-refractivity contribution in [1.29, 1.82) is 0 Å². The average molecular weight is 352 g/mol. The van der Waals surface area contributed by atoms with Crippen LogP contribution in [0.2, 0.25) is 0 Å². The Kier molecular flexibility index (Phi) is 4.61. The summed E-state index contributed by atoms with van der Waals surface area (Å²) in [6.45, 7) is 3.32. The SMILES string of the molecule is O=C(Cc1cccnc1)N1CCCN(c2nc3ccccc3s2)CC1. The van der Waals surface area contributed by atoms with Gasteiger partial charge in [-0.1, -0.05) is 29.5 Å². The number of hydrogen-bond donors (Lipinski definition) is 0. The zero-order valence-corrected chi connectivity index (χ0v) is 14.8. The van der Waals surface area contributed by atoms with E-state index < -0.39 is 0 Å². The van der Waals surface area contributed by atoms with Crippen molar-refractivity contribution in [1.82, 2.24) is 14.9 Å². The van der Waals surface area contributed by atoms with Crippen LogP contribution in [0, 0.1) is 0 Å². The van der Waals surface area contributed by atoms with E-state index >= 15 is 0 Å². The molecular weight excluding hydrogens is 332 g/mol. The fourth-order valence-electron chi connectivity index (χ4n) is 3.14. The number of hydrogen-bond acceptors (Lipinski definition) is 5. The van der Waals surface area contributed by atoms with Crippen molar-refractivity contribution in [2.45, 2.75) is 12.8 Å². The molecule has 1 amide bonds. The third kappa shape index (κ3) is 3.64. The van der Waals surface area contributed by atoms with Gasteiger partial charge < -0.3 is 9.80 Å². The lowest BCUT2D eigenvalue weighted by Crippen LogP contribution is -2.36. The van der Waals surface area contributed by atoms with Gasteiger partial charge in [-0.15, -0.1) is 0 Å². The van der Waals surface area contributed by atoms with E-state index in [0.717, 1.165) is 48.8 Å². The van der Waals surface area contributed by atoms with Crippen molar-refractivity contribution in [2.75, 3.05) is 31.1 Å². The zero-order chi connectivity index (χ0) is 17.1. The first kappa shape index (κ1) is 16.0. The Hall–Kier alpha value is -2.47. The van der Waals surface area contributed by atoms with Crippen LogP contribution in [0.15, 0.2) is 48.8 Å². The maximum Gasteiger partial charge on any atom is 0.227 e. The number of benzene rings is 1. The number of rotatable bonds is 3. The van der Waals surface area contributed by atoms with Crippen LogP contribution >= 0.6 is 11.3 Å². The van der Waals surface area contributed by atoms with Gasteiger partial charge in [-0.05, 0) is 30.2 Å². The summed E-state index contributed by atoms with van der Waals surface area (Å²) in [6, 6.07) is 12.1. The van der Waals surface area contributed by atoms with Gasteiger partial charge in [-0.25, -0.2) is 4.98 Å². The second kappa shape index (κ2) is 7.19. The Morgan fingerprint density at radius 2 is 2.00 bits per heavy atom. The normalized spacial score (nSPS) is 15.4. The Labute approximate surface area is 150 Å². The van der Waals surface area contributed by atoms with Crippen LogP contribution < -0.4 is 4.90 Å². The highest BCUT2D eigenvalue weighted by atomic mass is 32.1. The molecule has 4 rings (SSSR count). The van der Waals surface area contributed by atoms with Crippen molar-refractivity contribution in [3.63, 3.8) is 0 Å². The summed E-state index contributed by atoms with van der Waals surface area (Å²) in [5.41, 5.74) is 2.02. The number of amides is 1. The van der Waals surface area contributed by atoms with Crippen molar-refractivity contribution < 1.29 is 4.79 Å². The molecular formula is C19H20N4OS. The summed E-state index contributed by atoms with van der Waals surface area (Å²) in [6.07, 6.45) is 4.89. The van der Waals surface area contributed by atoms with Crippen molar-refractivity contribution in [3.8, 4) is 0 Å². The number of thiazole rings is 1. The summed E-state index contributed by atoms with van der Waals surface area (Å²) < 4.78 is 1.21. The number of para-hydroxylation sites is 1. The molecule has 0 unspecified atom stereocenters. The minimum Gasteiger partial charge on any atom is -0.346 e. The molecule has 1 fully saturated rings. The Bertz CT molecular complexity index is 831. The van der Waals surface area contributed by atoms with Gasteiger partial charge in [0.2, 0.25) is 5.91 Å². The number of carbonyl (C=O) groups excluding carboxylic acids is 1. The number of aromatic nitrogens is 2. The number of pyridine rings is 1. The van der Waals surface area contributed by atoms with Crippen LogP contribution in [0.5, 0.6) is 0 Å². The predicted octanol–water partition coefficient (Wildman–Crippen LogP) is 2.97. The average Bonchev–Trinajstić information content (AvgIpc) is 2.91. The largest absolute Gasteiger partial charge is 0.346 e. The fourth-order valence-corrected chi connectivity index (χ4v) is 4.16. The van der Waals surface area contributed by atoms with Gasteiger partial charge in [-0.3, -0.25) is 9.78 Å². The smallest absolute Gasteiger partial charge is 0.227 e. The summed E-state index contributed by atoms with van der Waals surface area (Å²) in [5, 5.41) is 1.06. The molecule has 2 aromatic heterocycles. The molecule has 5 nitrogen and oxygen atoms in total. The van der Waals surface area contributed by atoms with Gasteiger partial charge in [0.1, 0.15) is 0 Å². The molecule has 3 aromatic rings. The molecule has 25 heavy (non-hydrogen) atoms. The molecule has 0 N–H and O–H groups in total. The van der Waals surface area contributed by atoms with E-state index in [2.05, 4.69) is 22.0 Å². The topological polar surface area (TPSA) is 49.3 Å². The summed E-state index contributed by atoms with van der Waals surface area (Å²) in [7, 11) is 0. The number of carbonyl (C=O) groups is 1. The van der Waals surface area contributed by atoms with Gasteiger partial charge in [0, 0.05) is 38.6 Å². The summed E-state index contributed by atoms with van der Waals surface area (Å²) in [5.74, 6) is 0.180. The van der Waals surface area contributed by atoms with E-state index in [4.69, 9.17) is 4.98 Å². The van der Waals surface area contributed by atoms with Gasteiger partial charge in [0.05, 0.1) is 16.6 Å². The van der Waals surface area contributed by atoms with Crippen molar-refractivity contribution in [2.24, 2.45) is 0 Å². The van der Waals surface area contributed by atoms with Gasteiger partial charge in [-0.2, -0.15) is 0 Å². The van der Waals surface area contributed by atoms with E-state index in [-0.39, 0.29) is 5.91 Å². The number of fused-ring (bicyclic) bond motifs is 1. The lowest BCUT2D eigenvalue weighted by Gasteiger charge is -2.21. The number of nitrogens with zero attached hydrogens (tertiary/aromatic N) is 4. The number of anilines is 1. The van der Waals surface area contributed by atoms with Crippen LogP contribution in [-0.4, -0.2) is 47.0 Å². The summed E-state index contributed by atoms with van der Waals surface area (Å²) in [4.78, 5) is 25.7. The standard InChI is InChI=1S/C19H20N4OS/c24-18(13-15-5-3-8-20-14-15)22-9-4-10-23(12-11-22)19-21-16-6-1-2-7-17(16)25-19/h1-3,5-8,14H,4,9-13H2. The first-order chi connectivity index (χ1) is 12.3. The molecule has 0 radical (unpaired) electrons. The lowest BCUT2D eigenvalue weighted by molar-refractivity contribution is -0.130. The van der Waals surface area contributed by atoms with E-state index in [0.29, 0.717) is 6.42 Å². The Morgan fingerprint density at radius 1 is 1.08 bits per heavy atom. The molecule has 1 aliphatic rings. The van der Waals surface area contributed by atoms with Gasteiger partial charge in [0.25, 0.3) is 0 Å². The van der Waals surface area contributed by atoms with E-state index in [1.54, 1.807) is 23.7 Å². The third-order valence-corrected chi connectivity index (χ3v) is 5.58. The zero-order valence-electron chi connectivity index (χ0n) is 14.0. The molecule has 6 heteroatoms. The minimum atomic E-state index is 0.180. The first-order valence-corrected chi connectivity index (χ1v) is 9.38.